The molecule has 0 aromatic rings. The van der Waals surface area contributed by atoms with Gasteiger partial charge in [0, 0.05) is 25.8 Å². The molecule has 8 heteroatoms. The number of unbranched alkanes of at least 4 members (excludes halogenated alkanes) is 1. The molecule has 0 fully saturated rings. The fraction of sp³-hybridized carbons (Fsp3) is 0.692. The van der Waals surface area contributed by atoms with Gasteiger partial charge >= 0.3 is 5.97 Å². The maximum atomic E-state index is 11.9. The number of hydrazone groups is 1. The van der Waals surface area contributed by atoms with Crippen molar-refractivity contribution in [2.75, 3.05) is 26.8 Å². The van der Waals surface area contributed by atoms with Crippen molar-refractivity contribution < 1.29 is 24.2 Å². The smallest absolute Gasteiger partial charge is 0.305 e. The van der Waals surface area contributed by atoms with Crippen molar-refractivity contribution in [3.8, 4) is 0 Å². The van der Waals surface area contributed by atoms with Crippen molar-refractivity contribution in [2.45, 2.75) is 32.1 Å². The van der Waals surface area contributed by atoms with E-state index < -0.39 is 0 Å². The summed E-state index contributed by atoms with van der Waals surface area (Å²) in [6, 6.07) is 0. The van der Waals surface area contributed by atoms with Gasteiger partial charge in [0.15, 0.2) is 0 Å². The molecule has 21 heavy (non-hydrogen) atoms. The number of β-amino-alcohol motifs (C(OH)–C–C–N with tert-alkyl or cyclic N) is 1. The van der Waals surface area contributed by atoms with Crippen LogP contribution in [0.25, 0.3) is 0 Å². The van der Waals surface area contributed by atoms with E-state index in [1.807, 2.05) is 0 Å². The third-order valence-corrected chi connectivity index (χ3v) is 3.00. The van der Waals surface area contributed by atoms with Gasteiger partial charge in [-0.05, 0) is 12.8 Å². The summed E-state index contributed by atoms with van der Waals surface area (Å²) in [5.74, 6) is -0.779. The average Bonchev–Trinajstić information content (AvgIpc) is 2.48. The Bertz CT molecular complexity index is 422. The average molecular weight is 299 g/mol. The number of esters is 1. The van der Waals surface area contributed by atoms with Gasteiger partial charge in [0.25, 0.3) is 5.91 Å². The minimum Gasteiger partial charge on any atom is -0.469 e. The highest BCUT2D eigenvalue weighted by atomic mass is 16.5. The number of aliphatic hydroxyl groups is 1. The Morgan fingerprint density at radius 2 is 2.14 bits per heavy atom. The molecule has 0 radical (unpaired) electrons. The molecule has 1 rings (SSSR count). The molecule has 2 amide bonds. The highest BCUT2D eigenvalue weighted by Gasteiger charge is 2.23. The van der Waals surface area contributed by atoms with Crippen LogP contribution in [0.3, 0.4) is 0 Å². The van der Waals surface area contributed by atoms with E-state index in [4.69, 9.17) is 5.11 Å². The van der Waals surface area contributed by atoms with Crippen molar-refractivity contribution >= 4 is 23.5 Å². The lowest BCUT2D eigenvalue weighted by molar-refractivity contribution is -0.140. The Hall–Kier alpha value is -1.96. The monoisotopic (exact) mass is 299 g/mol. The van der Waals surface area contributed by atoms with Crippen molar-refractivity contribution in [1.82, 2.24) is 10.3 Å². The van der Waals surface area contributed by atoms with Crippen LogP contribution in [0.15, 0.2) is 5.10 Å². The number of nitrogens with one attached hydrogen (secondary N) is 1. The molecule has 0 atom stereocenters. The molecule has 2 N–H and O–H groups in total. The van der Waals surface area contributed by atoms with Crippen LogP contribution in [0.2, 0.25) is 0 Å². The van der Waals surface area contributed by atoms with Gasteiger partial charge in [0.2, 0.25) is 5.91 Å². The van der Waals surface area contributed by atoms with E-state index >= 15 is 0 Å². The van der Waals surface area contributed by atoms with Crippen LogP contribution >= 0.6 is 0 Å². The molecule has 0 saturated heterocycles. The zero-order chi connectivity index (χ0) is 15.7. The summed E-state index contributed by atoms with van der Waals surface area (Å²) in [7, 11) is 1.34. The highest BCUT2D eigenvalue weighted by molar-refractivity contribution is 6.39. The molecule has 0 aromatic heterocycles. The van der Waals surface area contributed by atoms with Crippen molar-refractivity contribution in [3.05, 3.63) is 0 Å². The third kappa shape index (κ3) is 5.90. The van der Waals surface area contributed by atoms with E-state index in [0.29, 0.717) is 32.2 Å². The summed E-state index contributed by atoms with van der Waals surface area (Å²) in [4.78, 5) is 34.2. The minimum absolute atomic E-state index is 0.0920. The maximum Gasteiger partial charge on any atom is 0.305 e. The van der Waals surface area contributed by atoms with Gasteiger partial charge in [-0.1, -0.05) is 0 Å². The van der Waals surface area contributed by atoms with Gasteiger partial charge in [-0.3, -0.25) is 14.4 Å². The molecule has 0 spiro atoms. The number of hydrogen-bond donors (Lipinski definition) is 2. The Morgan fingerprint density at radius 3 is 2.81 bits per heavy atom. The molecule has 1 aliphatic heterocycles. The number of methoxy groups -OCH3 is 1. The first-order valence-corrected chi connectivity index (χ1v) is 6.92. The number of aliphatic hydroxyl groups excluding tert-OH is 1. The molecule has 0 bridgehead atoms. The Labute approximate surface area is 123 Å². The molecule has 0 saturated carbocycles. The fourth-order valence-electron chi connectivity index (χ4n) is 1.83. The fourth-order valence-corrected chi connectivity index (χ4v) is 1.83. The van der Waals surface area contributed by atoms with E-state index in [2.05, 4.69) is 15.2 Å². The van der Waals surface area contributed by atoms with Gasteiger partial charge in [0.05, 0.1) is 20.3 Å². The predicted molar refractivity (Wildman–Crippen MR) is 74.3 cm³/mol. The number of carbonyl (C=O) groups is 3. The number of hydrogen-bond acceptors (Lipinski definition) is 6. The number of amides is 2. The van der Waals surface area contributed by atoms with Crippen LogP contribution < -0.4 is 5.32 Å². The molecule has 1 aliphatic rings. The first kappa shape index (κ1) is 17.1. The molecular weight excluding hydrogens is 278 g/mol. The first-order valence-electron chi connectivity index (χ1n) is 6.92. The lowest BCUT2D eigenvalue weighted by Crippen LogP contribution is -2.40. The third-order valence-electron chi connectivity index (χ3n) is 3.00. The van der Waals surface area contributed by atoms with Crippen molar-refractivity contribution in [3.63, 3.8) is 0 Å². The maximum absolute atomic E-state index is 11.9. The predicted octanol–water partition coefficient (Wildman–Crippen LogP) is -0.583. The van der Waals surface area contributed by atoms with Crippen molar-refractivity contribution in [1.29, 1.82) is 0 Å². The quantitative estimate of drug-likeness (QED) is 0.460. The zero-order valence-corrected chi connectivity index (χ0v) is 12.1. The SMILES string of the molecule is COC(=O)CCCCNC(=O)C1=NN(CCO)C(=O)CC1. The second-order valence-corrected chi connectivity index (χ2v) is 4.58. The zero-order valence-electron chi connectivity index (χ0n) is 12.1. The number of ether oxygens (including phenoxy) is 1. The number of rotatable bonds is 8. The number of carbonyl (C=O) groups excluding carboxylic acids is 3. The summed E-state index contributed by atoms with van der Waals surface area (Å²) in [6.07, 6.45) is 2.14. The van der Waals surface area contributed by atoms with E-state index in [-0.39, 0.29) is 43.1 Å². The second kappa shape index (κ2) is 9.06. The van der Waals surface area contributed by atoms with Crippen LogP contribution in [-0.2, 0) is 19.1 Å². The highest BCUT2D eigenvalue weighted by Crippen LogP contribution is 2.08. The first-order chi connectivity index (χ1) is 10.1. The van der Waals surface area contributed by atoms with Gasteiger partial charge in [-0.15, -0.1) is 0 Å². The van der Waals surface area contributed by atoms with Crippen LogP contribution in [0, 0.1) is 0 Å². The molecule has 0 aromatic carbocycles. The van der Waals surface area contributed by atoms with Gasteiger partial charge in [-0.25, -0.2) is 5.01 Å². The van der Waals surface area contributed by atoms with E-state index in [0.717, 1.165) is 5.01 Å². The second-order valence-electron chi connectivity index (χ2n) is 4.58. The Morgan fingerprint density at radius 1 is 1.38 bits per heavy atom. The van der Waals surface area contributed by atoms with Gasteiger partial charge in [0.1, 0.15) is 5.71 Å². The molecule has 1 heterocycles. The molecular formula is C13H21N3O5. The van der Waals surface area contributed by atoms with Crippen LogP contribution in [0.4, 0.5) is 0 Å². The molecule has 0 unspecified atom stereocenters. The summed E-state index contributed by atoms with van der Waals surface area (Å²) in [5.41, 5.74) is 0.288. The summed E-state index contributed by atoms with van der Waals surface area (Å²) >= 11 is 0. The minimum atomic E-state index is -0.316. The summed E-state index contributed by atoms with van der Waals surface area (Å²) < 4.78 is 4.51. The molecule has 8 nitrogen and oxygen atoms in total. The van der Waals surface area contributed by atoms with Crippen molar-refractivity contribution in [2.24, 2.45) is 5.10 Å². The molecule has 118 valence electrons. The van der Waals surface area contributed by atoms with Crippen LogP contribution in [0.1, 0.15) is 32.1 Å². The summed E-state index contributed by atoms with van der Waals surface area (Å²) in [5, 5.41) is 16.6. The lowest BCUT2D eigenvalue weighted by Gasteiger charge is -2.22. The number of nitrogens with zero attached hydrogens (tertiary/aromatic N) is 2. The topological polar surface area (TPSA) is 108 Å². The normalized spacial score (nSPS) is 14.7. The lowest BCUT2D eigenvalue weighted by atomic mass is 10.1. The van der Waals surface area contributed by atoms with E-state index in [9.17, 15) is 14.4 Å². The Kier molecular flexibility index (Phi) is 7.38. The molecule has 0 aliphatic carbocycles. The van der Waals surface area contributed by atoms with E-state index in [1.165, 1.54) is 7.11 Å². The Balaban J connectivity index is 2.33. The van der Waals surface area contributed by atoms with Crippen LogP contribution in [0.5, 0.6) is 0 Å². The standard InChI is InChI=1S/C13H21N3O5/c1-21-12(19)4-2-3-7-14-13(20)10-5-6-11(18)16(15-10)8-9-17/h17H,2-9H2,1H3,(H,14,20). The largest absolute Gasteiger partial charge is 0.469 e. The van der Waals surface area contributed by atoms with Gasteiger partial charge < -0.3 is 15.2 Å². The van der Waals surface area contributed by atoms with Gasteiger partial charge in [-0.2, -0.15) is 5.10 Å². The summed E-state index contributed by atoms with van der Waals surface area (Å²) in [6.45, 7) is 0.329. The van der Waals surface area contributed by atoms with Crippen LogP contribution in [-0.4, -0.2) is 60.4 Å². The van der Waals surface area contributed by atoms with E-state index in [1.54, 1.807) is 0 Å².